The van der Waals surface area contributed by atoms with Crippen LogP contribution in [0.2, 0.25) is 0 Å². The second-order valence-electron chi connectivity index (χ2n) is 20.0. The van der Waals surface area contributed by atoms with Crippen molar-refractivity contribution >= 4 is 46.7 Å². The van der Waals surface area contributed by atoms with E-state index in [0.717, 1.165) is 16.1 Å². The summed E-state index contributed by atoms with van der Waals surface area (Å²) < 4.78 is 17.5. The fourth-order valence-electron chi connectivity index (χ4n) is 9.34. The lowest BCUT2D eigenvalue weighted by Crippen LogP contribution is -2.60. The van der Waals surface area contributed by atoms with Gasteiger partial charge in [0.25, 0.3) is 0 Å². The van der Waals surface area contributed by atoms with Gasteiger partial charge in [-0.05, 0) is 88.1 Å². The fraction of sp³-hybridized carbons (Fsp3) is 0.585. The van der Waals surface area contributed by atoms with Gasteiger partial charge >= 0.3 is 6.09 Å². The number of anilines is 1. The number of rotatable bonds is 24. The molecule has 1 saturated heterocycles. The molecule has 1 fully saturated rings. The molecule has 0 saturated carbocycles. The van der Waals surface area contributed by atoms with Crippen LogP contribution in [0.15, 0.2) is 78.3 Å². The second kappa shape index (κ2) is 26.2. The van der Waals surface area contributed by atoms with Crippen LogP contribution in [0.25, 0.3) is 0 Å². The first kappa shape index (κ1) is 56.4. The number of hydrogen-bond donors (Lipinski definition) is 3. The summed E-state index contributed by atoms with van der Waals surface area (Å²) in [6.07, 6.45) is 2.25. The number of ether oxygens (including phenoxy) is 3. The van der Waals surface area contributed by atoms with Crippen molar-refractivity contribution in [3.8, 4) is 0 Å². The molecular weight excluding hydrogens is 895 g/mol. The van der Waals surface area contributed by atoms with Crippen LogP contribution >= 0.6 is 11.3 Å². The maximum atomic E-state index is 14.7. The Kier molecular flexibility index (Phi) is 21.4. The van der Waals surface area contributed by atoms with Gasteiger partial charge < -0.3 is 34.6 Å². The van der Waals surface area contributed by atoms with Gasteiger partial charge in [-0.15, -0.1) is 11.3 Å². The molecule has 0 bridgehead atoms. The molecule has 0 radical (unpaired) electrons. The first-order chi connectivity index (χ1) is 32.6. The smallest absolute Gasteiger partial charge is 0.412 e. The first-order valence-corrected chi connectivity index (χ1v) is 25.1. The summed E-state index contributed by atoms with van der Waals surface area (Å²) >= 11 is 1.47. The van der Waals surface area contributed by atoms with Crippen LogP contribution in [0.3, 0.4) is 0 Å². The van der Waals surface area contributed by atoms with Gasteiger partial charge in [0.2, 0.25) is 23.6 Å². The number of likely N-dealkylation sites (tertiary alicyclic amines) is 1. The summed E-state index contributed by atoms with van der Waals surface area (Å²) in [5.41, 5.74) is 2.07. The van der Waals surface area contributed by atoms with E-state index in [-0.39, 0.29) is 59.4 Å². The number of thiazole rings is 1. The molecule has 1 aliphatic rings. The molecule has 0 spiro atoms. The highest BCUT2D eigenvalue weighted by Crippen LogP contribution is 2.30. The standard InChI is InChI=1S/C53H79N7O8S/c1-15-35(6)46(59(12)51(64)44(33(2)3)57-49(63)45(34(4)5)58(11)32-38-23-19-24-39(29-38)55-52(65)68-53(8,9)10)42(66-13)31-43(61)60-27-20-25-41(60)47(67-14)36(7)48(62)56-40(50-54-26-28-69-50)30-37-21-17-16-18-22-37/h16-19,21-24,26,28-29,33-35,40-42,44-47H,7,15,20,25,27,30-32H2,1-6,8-14H3,(H,55,65)(H,56,62)(H,57,63)/t35-,40-,41-,42+,44-,45-,46-,47+/m0/s1. The van der Waals surface area contributed by atoms with Gasteiger partial charge in [-0.3, -0.25) is 29.4 Å². The molecule has 1 aromatic heterocycles. The van der Waals surface area contributed by atoms with Gasteiger partial charge in [-0.25, -0.2) is 9.78 Å². The molecule has 1 aliphatic heterocycles. The van der Waals surface area contributed by atoms with Gasteiger partial charge in [0.15, 0.2) is 0 Å². The van der Waals surface area contributed by atoms with E-state index in [1.54, 1.807) is 57.0 Å². The van der Waals surface area contributed by atoms with Gasteiger partial charge in [-0.2, -0.15) is 0 Å². The van der Waals surface area contributed by atoms with E-state index in [2.05, 4.69) is 27.5 Å². The number of hydrogen-bond acceptors (Lipinski definition) is 11. The maximum absolute atomic E-state index is 14.7. The van der Waals surface area contributed by atoms with Crippen LogP contribution in [-0.2, 0) is 46.4 Å². The molecule has 16 heteroatoms. The van der Waals surface area contributed by atoms with E-state index < -0.39 is 48.1 Å². The lowest BCUT2D eigenvalue weighted by atomic mass is 9.89. The summed E-state index contributed by atoms with van der Waals surface area (Å²) in [5.74, 6) is -1.59. The normalized spacial score (nSPS) is 17.1. The molecule has 3 N–H and O–H groups in total. The minimum atomic E-state index is -0.872. The Labute approximate surface area is 415 Å². The van der Waals surface area contributed by atoms with Crippen LogP contribution in [0.4, 0.5) is 10.5 Å². The Balaban J connectivity index is 1.47. The van der Waals surface area contributed by atoms with Crippen molar-refractivity contribution in [2.45, 2.75) is 149 Å². The van der Waals surface area contributed by atoms with Crippen LogP contribution in [0.1, 0.15) is 110 Å². The number of methoxy groups -OCH3 is 2. The quantitative estimate of drug-likeness (QED) is 0.0747. The Morgan fingerprint density at radius 1 is 0.928 bits per heavy atom. The van der Waals surface area contributed by atoms with Crippen LogP contribution in [-0.4, -0.2) is 126 Å². The maximum Gasteiger partial charge on any atom is 0.412 e. The number of aromatic nitrogens is 1. The third-order valence-corrected chi connectivity index (χ3v) is 13.8. The summed E-state index contributed by atoms with van der Waals surface area (Å²) in [4.78, 5) is 79.8. The van der Waals surface area contributed by atoms with Crippen molar-refractivity contribution in [2.24, 2.45) is 17.8 Å². The highest BCUT2D eigenvalue weighted by Gasteiger charge is 2.43. The highest BCUT2D eigenvalue weighted by atomic mass is 32.1. The van der Waals surface area contributed by atoms with Crippen molar-refractivity contribution in [1.82, 2.24) is 30.3 Å². The van der Waals surface area contributed by atoms with Gasteiger partial charge in [0.1, 0.15) is 22.8 Å². The van der Waals surface area contributed by atoms with E-state index in [9.17, 15) is 24.0 Å². The molecule has 0 unspecified atom stereocenters. The zero-order valence-corrected chi connectivity index (χ0v) is 44.1. The molecule has 0 aliphatic carbocycles. The third kappa shape index (κ3) is 15.9. The average Bonchev–Trinajstić information content (AvgIpc) is 4.01. The number of likely N-dealkylation sites (N-methyl/N-ethyl adjacent to an activating group) is 2. The van der Waals surface area contributed by atoms with Crippen LogP contribution < -0.4 is 16.0 Å². The minimum absolute atomic E-state index is 0.0225. The lowest BCUT2D eigenvalue weighted by molar-refractivity contribution is -0.147. The highest BCUT2D eigenvalue weighted by molar-refractivity contribution is 7.09. The molecular formula is C53H79N7O8S. The van der Waals surface area contributed by atoms with Crippen molar-refractivity contribution in [2.75, 3.05) is 40.2 Å². The topological polar surface area (TPSA) is 172 Å². The first-order valence-electron chi connectivity index (χ1n) is 24.2. The second-order valence-corrected chi connectivity index (χ2v) is 21.0. The van der Waals surface area contributed by atoms with E-state index in [1.165, 1.54) is 18.4 Å². The number of carbonyl (C=O) groups is 5. The SMILES string of the molecule is C=C(C(=O)N[C@@H](Cc1ccccc1)c1nccs1)[C@@H](OC)[C@@H]1CCCN1C(=O)C[C@@H](OC)[C@H]([C@@H](C)CC)N(C)C(=O)[C@@H](NC(=O)[C@H](C(C)C)N(C)Cc1cccc(NC(=O)OC(C)(C)C)c1)C(C)C. The number of carbonyl (C=O) groups excluding carboxylic acids is 5. The third-order valence-electron chi connectivity index (χ3n) is 12.9. The molecule has 380 valence electrons. The van der Waals surface area contributed by atoms with Crippen molar-refractivity contribution in [3.05, 3.63) is 94.5 Å². The monoisotopic (exact) mass is 974 g/mol. The molecule has 15 nitrogen and oxygen atoms in total. The Morgan fingerprint density at radius 3 is 2.19 bits per heavy atom. The number of nitrogens with one attached hydrogen (secondary N) is 3. The summed E-state index contributed by atoms with van der Waals surface area (Å²) in [5, 5.41) is 11.7. The fourth-order valence-corrected chi connectivity index (χ4v) is 10.0. The molecule has 8 atom stereocenters. The average molecular weight is 974 g/mol. The molecule has 5 amide bonds. The Bertz CT molecular complexity index is 2150. The Morgan fingerprint density at radius 2 is 1.61 bits per heavy atom. The van der Waals surface area contributed by atoms with Crippen LogP contribution in [0.5, 0.6) is 0 Å². The molecule has 2 heterocycles. The zero-order chi connectivity index (χ0) is 51.2. The molecule has 2 aromatic carbocycles. The summed E-state index contributed by atoms with van der Waals surface area (Å²) in [7, 11) is 6.68. The van der Waals surface area contributed by atoms with E-state index >= 15 is 0 Å². The number of benzene rings is 2. The number of nitrogens with zero attached hydrogens (tertiary/aromatic N) is 4. The minimum Gasteiger partial charge on any atom is -0.444 e. The van der Waals surface area contributed by atoms with Crippen molar-refractivity contribution in [3.63, 3.8) is 0 Å². The largest absolute Gasteiger partial charge is 0.444 e. The van der Waals surface area contributed by atoms with E-state index in [4.69, 9.17) is 14.2 Å². The predicted molar refractivity (Wildman–Crippen MR) is 272 cm³/mol. The number of amides is 5. The van der Waals surface area contributed by atoms with Gasteiger partial charge in [0, 0.05) is 57.2 Å². The van der Waals surface area contributed by atoms with E-state index in [1.807, 2.05) is 107 Å². The lowest BCUT2D eigenvalue weighted by Gasteiger charge is -2.41. The predicted octanol–water partition coefficient (Wildman–Crippen LogP) is 8.03. The molecule has 3 aromatic rings. The van der Waals surface area contributed by atoms with Crippen molar-refractivity contribution < 1.29 is 38.2 Å². The molecule has 4 rings (SSSR count). The molecule has 69 heavy (non-hydrogen) atoms. The summed E-state index contributed by atoms with van der Waals surface area (Å²) in [6.45, 7) is 22.3. The van der Waals surface area contributed by atoms with Crippen LogP contribution in [0, 0.1) is 17.8 Å². The van der Waals surface area contributed by atoms with E-state index in [0.29, 0.717) is 44.5 Å². The van der Waals surface area contributed by atoms with Gasteiger partial charge in [-0.1, -0.05) is 97.0 Å². The summed E-state index contributed by atoms with van der Waals surface area (Å²) in [6, 6.07) is 14.5. The van der Waals surface area contributed by atoms with Gasteiger partial charge in [0.05, 0.1) is 36.7 Å². The van der Waals surface area contributed by atoms with Crippen molar-refractivity contribution in [1.29, 1.82) is 0 Å². The zero-order valence-electron chi connectivity index (χ0n) is 43.2. The Hall–Kier alpha value is -5.16.